The zero-order chi connectivity index (χ0) is 27.2. The number of rotatable bonds is 10. The molecule has 0 aliphatic carbocycles. The maximum atomic E-state index is 12.9. The number of aromatic nitrogens is 1. The molecule has 0 aliphatic rings. The SMILES string of the molecule is Cc1cc(OC(CC(C)C)c2ccc(C(=O)NCCC(=O)O)cc2)cnc1-c1ccc(C(F)(F)F)cc1. The molecule has 1 heterocycles. The van der Waals surface area contributed by atoms with Crippen molar-refractivity contribution in [1.82, 2.24) is 10.3 Å². The lowest BCUT2D eigenvalue weighted by molar-refractivity contribution is -0.138. The first-order chi connectivity index (χ1) is 17.4. The van der Waals surface area contributed by atoms with Crippen LogP contribution in [0.1, 0.15) is 59.8 Å². The number of aliphatic carboxylic acids is 1. The molecule has 1 aromatic heterocycles. The summed E-state index contributed by atoms with van der Waals surface area (Å²) < 4.78 is 44.9. The number of amides is 1. The van der Waals surface area contributed by atoms with Gasteiger partial charge in [0, 0.05) is 17.7 Å². The number of aryl methyl sites for hydroxylation is 1. The van der Waals surface area contributed by atoms with Gasteiger partial charge in [0.05, 0.1) is 23.9 Å². The number of carboxylic acids is 1. The van der Waals surface area contributed by atoms with Crippen molar-refractivity contribution in [3.05, 3.63) is 83.0 Å². The lowest BCUT2D eigenvalue weighted by Crippen LogP contribution is -2.26. The third-order valence-electron chi connectivity index (χ3n) is 5.67. The highest BCUT2D eigenvalue weighted by molar-refractivity contribution is 5.94. The normalized spacial score (nSPS) is 12.3. The molecule has 0 spiro atoms. The van der Waals surface area contributed by atoms with Crippen LogP contribution in [0.25, 0.3) is 11.3 Å². The number of nitrogens with one attached hydrogen (secondary N) is 1. The van der Waals surface area contributed by atoms with Crippen LogP contribution in [0, 0.1) is 12.8 Å². The van der Waals surface area contributed by atoms with E-state index < -0.39 is 17.7 Å². The fourth-order valence-electron chi connectivity index (χ4n) is 3.81. The van der Waals surface area contributed by atoms with Crippen LogP contribution in [-0.2, 0) is 11.0 Å². The van der Waals surface area contributed by atoms with E-state index in [0.717, 1.165) is 23.3 Å². The lowest BCUT2D eigenvalue weighted by atomic mass is 9.98. The minimum atomic E-state index is -4.40. The molecular weight excluding hydrogens is 485 g/mol. The Balaban J connectivity index is 1.75. The number of halogens is 3. The maximum Gasteiger partial charge on any atom is 0.416 e. The van der Waals surface area contributed by atoms with E-state index in [-0.39, 0.29) is 25.0 Å². The molecule has 0 fully saturated rings. The maximum absolute atomic E-state index is 12.9. The molecule has 6 nitrogen and oxygen atoms in total. The first kappa shape index (κ1) is 27.7. The summed E-state index contributed by atoms with van der Waals surface area (Å²) in [6.45, 7) is 6.00. The van der Waals surface area contributed by atoms with Gasteiger partial charge in [-0.3, -0.25) is 14.6 Å². The van der Waals surface area contributed by atoms with Crippen LogP contribution < -0.4 is 10.1 Å². The van der Waals surface area contributed by atoms with Crippen molar-refractivity contribution in [2.24, 2.45) is 5.92 Å². The summed E-state index contributed by atoms with van der Waals surface area (Å²) >= 11 is 0. The second-order valence-corrected chi connectivity index (χ2v) is 9.17. The molecule has 3 rings (SSSR count). The topological polar surface area (TPSA) is 88.5 Å². The Morgan fingerprint density at radius 3 is 2.24 bits per heavy atom. The summed E-state index contributed by atoms with van der Waals surface area (Å²) in [4.78, 5) is 27.3. The Labute approximate surface area is 213 Å². The molecule has 1 amide bonds. The number of hydrogen-bond donors (Lipinski definition) is 2. The van der Waals surface area contributed by atoms with Crippen LogP contribution in [0.4, 0.5) is 13.2 Å². The number of ether oxygens (including phenoxy) is 1. The van der Waals surface area contributed by atoms with Gasteiger partial charge in [0.15, 0.2) is 0 Å². The van der Waals surface area contributed by atoms with Gasteiger partial charge >= 0.3 is 12.1 Å². The summed E-state index contributed by atoms with van der Waals surface area (Å²) in [5.74, 6) is -0.506. The van der Waals surface area contributed by atoms with Crippen LogP contribution in [0.5, 0.6) is 5.75 Å². The second-order valence-electron chi connectivity index (χ2n) is 9.17. The van der Waals surface area contributed by atoms with Crippen molar-refractivity contribution >= 4 is 11.9 Å². The molecule has 9 heteroatoms. The molecule has 1 unspecified atom stereocenters. The molecule has 0 bridgehead atoms. The van der Waals surface area contributed by atoms with Crippen LogP contribution in [0.15, 0.2) is 60.8 Å². The van der Waals surface area contributed by atoms with Crippen LogP contribution in [0.2, 0.25) is 0 Å². The molecule has 37 heavy (non-hydrogen) atoms. The van der Waals surface area contributed by atoms with E-state index in [1.54, 1.807) is 36.5 Å². The Hall–Kier alpha value is -3.88. The number of carbonyl (C=O) groups excluding carboxylic acids is 1. The molecule has 0 aliphatic heterocycles. The average Bonchev–Trinajstić information content (AvgIpc) is 2.83. The number of benzene rings is 2. The van der Waals surface area contributed by atoms with Crippen molar-refractivity contribution in [1.29, 1.82) is 0 Å². The Morgan fingerprint density at radius 2 is 1.70 bits per heavy atom. The highest BCUT2D eigenvalue weighted by Crippen LogP contribution is 2.33. The minimum Gasteiger partial charge on any atom is -0.484 e. The Bertz CT molecular complexity index is 1220. The van der Waals surface area contributed by atoms with Crippen molar-refractivity contribution in [3.8, 4) is 17.0 Å². The highest BCUT2D eigenvalue weighted by Gasteiger charge is 2.30. The van der Waals surface area contributed by atoms with E-state index >= 15 is 0 Å². The molecular formula is C28H29F3N2O4. The van der Waals surface area contributed by atoms with Gasteiger partial charge in [-0.25, -0.2) is 0 Å². The van der Waals surface area contributed by atoms with Gasteiger partial charge < -0.3 is 15.2 Å². The van der Waals surface area contributed by atoms with E-state index in [1.165, 1.54) is 12.1 Å². The molecule has 1 atom stereocenters. The summed E-state index contributed by atoms with van der Waals surface area (Å²) in [7, 11) is 0. The second kappa shape index (κ2) is 11.9. The fraction of sp³-hybridized carbons (Fsp3) is 0.321. The summed E-state index contributed by atoms with van der Waals surface area (Å²) in [6.07, 6.45) is -2.62. The quantitative estimate of drug-likeness (QED) is 0.325. The Kier molecular flexibility index (Phi) is 8.91. The van der Waals surface area contributed by atoms with Crippen LogP contribution in [0.3, 0.4) is 0 Å². The third kappa shape index (κ3) is 7.80. The fourth-order valence-corrected chi connectivity index (χ4v) is 3.81. The monoisotopic (exact) mass is 514 g/mol. The molecule has 3 aromatic rings. The van der Waals surface area contributed by atoms with E-state index in [4.69, 9.17) is 9.84 Å². The van der Waals surface area contributed by atoms with Gasteiger partial charge in [0.25, 0.3) is 5.91 Å². The molecule has 0 saturated heterocycles. The first-order valence-electron chi connectivity index (χ1n) is 11.8. The van der Waals surface area contributed by atoms with Crippen LogP contribution in [-0.4, -0.2) is 28.5 Å². The number of carbonyl (C=O) groups is 2. The van der Waals surface area contributed by atoms with Gasteiger partial charge in [0.2, 0.25) is 0 Å². The van der Waals surface area contributed by atoms with E-state index in [1.807, 2.05) is 6.92 Å². The zero-order valence-corrected chi connectivity index (χ0v) is 20.8. The molecule has 0 saturated carbocycles. The minimum absolute atomic E-state index is 0.0455. The van der Waals surface area contributed by atoms with Crippen molar-refractivity contribution < 1.29 is 32.6 Å². The summed E-state index contributed by atoms with van der Waals surface area (Å²) in [5, 5.41) is 11.3. The first-order valence-corrected chi connectivity index (χ1v) is 11.8. The van der Waals surface area contributed by atoms with Gasteiger partial charge in [-0.05, 0) is 60.7 Å². The van der Waals surface area contributed by atoms with Crippen LogP contribution >= 0.6 is 0 Å². The smallest absolute Gasteiger partial charge is 0.416 e. The van der Waals surface area contributed by atoms with Gasteiger partial charge in [-0.15, -0.1) is 0 Å². The third-order valence-corrected chi connectivity index (χ3v) is 5.67. The predicted octanol–water partition coefficient (Wildman–Crippen LogP) is 6.45. The zero-order valence-electron chi connectivity index (χ0n) is 20.8. The Morgan fingerprint density at radius 1 is 1.05 bits per heavy atom. The number of carboxylic acid groups (broad SMARTS) is 1. The van der Waals surface area contributed by atoms with Crippen molar-refractivity contribution in [2.45, 2.75) is 45.9 Å². The summed E-state index contributed by atoms with van der Waals surface area (Å²) in [5.41, 5.74) is 2.46. The van der Waals surface area contributed by atoms with Gasteiger partial charge in [0.1, 0.15) is 11.9 Å². The number of nitrogens with zero attached hydrogens (tertiary/aromatic N) is 1. The van der Waals surface area contributed by atoms with Crippen molar-refractivity contribution in [3.63, 3.8) is 0 Å². The predicted molar refractivity (Wildman–Crippen MR) is 133 cm³/mol. The average molecular weight is 515 g/mol. The highest BCUT2D eigenvalue weighted by atomic mass is 19.4. The van der Waals surface area contributed by atoms with Gasteiger partial charge in [-0.2, -0.15) is 13.2 Å². The van der Waals surface area contributed by atoms with Gasteiger partial charge in [-0.1, -0.05) is 38.1 Å². The number of alkyl halides is 3. The molecule has 2 N–H and O–H groups in total. The summed E-state index contributed by atoms with van der Waals surface area (Å²) in [6, 6.07) is 13.6. The lowest BCUT2D eigenvalue weighted by Gasteiger charge is -2.22. The molecule has 2 aromatic carbocycles. The largest absolute Gasteiger partial charge is 0.484 e. The van der Waals surface area contributed by atoms with E-state index in [9.17, 15) is 22.8 Å². The standard InChI is InChI=1S/C28H29F3N2O4/c1-17(2)14-24(19-4-6-21(7-5-19)27(36)32-13-12-25(34)35)37-23-15-18(3)26(33-16-23)20-8-10-22(11-9-20)28(29,30)31/h4-11,15-17,24H,12-14H2,1-3H3,(H,32,36)(H,34,35). The van der Waals surface area contributed by atoms with Crippen molar-refractivity contribution in [2.75, 3.05) is 6.54 Å². The van der Waals surface area contributed by atoms with E-state index in [2.05, 4.69) is 24.1 Å². The molecule has 0 radical (unpaired) electrons. The number of pyridine rings is 1. The number of hydrogen-bond acceptors (Lipinski definition) is 4. The van der Waals surface area contributed by atoms with E-state index in [0.29, 0.717) is 34.9 Å². The molecule has 196 valence electrons.